The molecule has 0 saturated heterocycles. The highest BCUT2D eigenvalue weighted by Gasteiger charge is 2.55. The van der Waals surface area contributed by atoms with Crippen molar-refractivity contribution in [1.82, 2.24) is 0 Å². The van der Waals surface area contributed by atoms with E-state index in [1.54, 1.807) is 16.0 Å². The summed E-state index contributed by atoms with van der Waals surface area (Å²) in [6.45, 7) is 4.40. The molecule has 1 heterocycles. The van der Waals surface area contributed by atoms with Crippen LogP contribution < -0.4 is 5.73 Å². The molecule has 0 spiro atoms. The van der Waals surface area contributed by atoms with Gasteiger partial charge in [-0.15, -0.1) is 11.3 Å². The molecule has 2 N–H and O–H groups in total. The minimum absolute atomic E-state index is 0.0563. The fraction of sp³-hybridized carbons (Fsp3) is 0.714. The molecule has 0 atom stereocenters. The smallest absolute Gasteiger partial charge is 0.0195 e. The van der Waals surface area contributed by atoms with Crippen molar-refractivity contribution in [3.63, 3.8) is 0 Å². The standard InChI is InChI=1S/C14H21NS/c1-13(2,15)14(7-8-14)11-9-16-12-6-4-3-5-10(11)12/h9H,3-8,15H2,1-2H3. The van der Waals surface area contributed by atoms with E-state index in [4.69, 9.17) is 5.73 Å². The number of aryl methyl sites for hydroxylation is 1. The lowest BCUT2D eigenvalue weighted by atomic mass is 9.77. The highest BCUT2D eigenvalue weighted by Crippen LogP contribution is 2.57. The van der Waals surface area contributed by atoms with Gasteiger partial charge in [-0.1, -0.05) is 0 Å². The van der Waals surface area contributed by atoms with Crippen molar-refractivity contribution < 1.29 is 0 Å². The first-order chi connectivity index (χ1) is 7.55. The zero-order chi connectivity index (χ0) is 11.4. The van der Waals surface area contributed by atoms with E-state index in [1.165, 1.54) is 38.5 Å². The van der Waals surface area contributed by atoms with Crippen molar-refractivity contribution in [2.45, 2.75) is 63.3 Å². The van der Waals surface area contributed by atoms with Crippen LogP contribution in [0.1, 0.15) is 55.5 Å². The Labute approximate surface area is 102 Å². The molecule has 1 fully saturated rings. The zero-order valence-corrected chi connectivity index (χ0v) is 11.1. The van der Waals surface area contributed by atoms with Crippen LogP contribution >= 0.6 is 11.3 Å². The van der Waals surface area contributed by atoms with E-state index in [9.17, 15) is 0 Å². The summed E-state index contributed by atoms with van der Waals surface area (Å²) in [4.78, 5) is 1.65. The van der Waals surface area contributed by atoms with Gasteiger partial charge in [0.1, 0.15) is 0 Å². The summed E-state index contributed by atoms with van der Waals surface area (Å²) in [6.07, 6.45) is 7.94. The first kappa shape index (κ1) is 10.8. The molecule has 2 heteroatoms. The first-order valence-electron chi connectivity index (χ1n) is 6.43. The van der Waals surface area contributed by atoms with Crippen LogP contribution in [0.3, 0.4) is 0 Å². The molecule has 88 valence electrons. The number of nitrogens with two attached hydrogens (primary N) is 1. The lowest BCUT2D eigenvalue weighted by molar-refractivity contribution is 0.389. The first-order valence-corrected chi connectivity index (χ1v) is 7.31. The monoisotopic (exact) mass is 235 g/mol. The minimum Gasteiger partial charge on any atom is -0.325 e. The summed E-state index contributed by atoms with van der Waals surface area (Å²) in [5, 5.41) is 2.41. The van der Waals surface area contributed by atoms with Gasteiger partial charge in [0.15, 0.2) is 0 Å². The van der Waals surface area contributed by atoms with Gasteiger partial charge in [0, 0.05) is 15.8 Å². The molecular weight excluding hydrogens is 214 g/mol. The summed E-state index contributed by atoms with van der Waals surface area (Å²) in [7, 11) is 0. The average Bonchev–Trinajstić information content (AvgIpc) is 2.93. The molecule has 1 nitrogen and oxygen atoms in total. The molecule has 1 aromatic heterocycles. The van der Waals surface area contributed by atoms with Crippen molar-refractivity contribution in [3.05, 3.63) is 21.4 Å². The molecule has 16 heavy (non-hydrogen) atoms. The van der Waals surface area contributed by atoms with Crippen LogP contribution in [0, 0.1) is 0 Å². The number of fused-ring (bicyclic) bond motifs is 1. The maximum absolute atomic E-state index is 6.40. The van der Waals surface area contributed by atoms with Crippen molar-refractivity contribution >= 4 is 11.3 Å². The second kappa shape index (κ2) is 3.33. The number of hydrogen-bond acceptors (Lipinski definition) is 2. The number of thiophene rings is 1. The summed E-state index contributed by atoms with van der Waals surface area (Å²) in [5.41, 5.74) is 9.95. The summed E-state index contributed by atoms with van der Waals surface area (Å²) in [6, 6.07) is 0. The van der Waals surface area contributed by atoms with Crippen LogP contribution in [0.4, 0.5) is 0 Å². The van der Waals surface area contributed by atoms with Crippen LogP contribution in [0.15, 0.2) is 5.38 Å². The van der Waals surface area contributed by atoms with Crippen LogP contribution in [-0.2, 0) is 18.3 Å². The number of rotatable bonds is 2. The van der Waals surface area contributed by atoms with E-state index in [0.29, 0.717) is 5.41 Å². The number of hydrogen-bond donors (Lipinski definition) is 1. The quantitative estimate of drug-likeness (QED) is 0.835. The Kier molecular flexibility index (Phi) is 2.25. The van der Waals surface area contributed by atoms with Crippen LogP contribution in [0.2, 0.25) is 0 Å². The van der Waals surface area contributed by atoms with E-state index in [2.05, 4.69) is 19.2 Å². The maximum atomic E-state index is 6.40. The average molecular weight is 235 g/mol. The van der Waals surface area contributed by atoms with Gasteiger partial charge in [0.25, 0.3) is 0 Å². The zero-order valence-electron chi connectivity index (χ0n) is 10.3. The fourth-order valence-corrected chi connectivity index (χ4v) is 4.53. The van der Waals surface area contributed by atoms with Crippen LogP contribution in [-0.4, -0.2) is 5.54 Å². The normalized spacial score (nSPS) is 22.9. The topological polar surface area (TPSA) is 26.0 Å². The molecule has 3 rings (SSSR count). The Hall–Kier alpha value is -0.340. The SMILES string of the molecule is CC(C)(N)C1(c2csc3c2CCCC3)CC1. The molecule has 0 bridgehead atoms. The molecule has 0 amide bonds. The molecule has 2 aliphatic carbocycles. The van der Waals surface area contributed by atoms with E-state index in [1.807, 2.05) is 11.3 Å². The Balaban J connectivity index is 2.04. The summed E-state index contributed by atoms with van der Waals surface area (Å²) < 4.78 is 0. The molecule has 1 aromatic rings. The van der Waals surface area contributed by atoms with Crippen molar-refractivity contribution in [1.29, 1.82) is 0 Å². The van der Waals surface area contributed by atoms with Crippen molar-refractivity contribution in [2.75, 3.05) is 0 Å². The molecule has 0 aromatic carbocycles. The van der Waals surface area contributed by atoms with Crippen molar-refractivity contribution in [3.8, 4) is 0 Å². The molecule has 1 saturated carbocycles. The molecular formula is C14H21NS. The van der Waals surface area contributed by atoms with E-state index in [0.717, 1.165) is 0 Å². The van der Waals surface area contributed by atoms with Gasteiger partial charge >= 0.3 is 0 Å². The molecule has 0 aliphatic heterocycles. The van der Waals surface area contributed by atoms with E-state index < -0.39 is 0 Å². The van der Waals surface area contributed by atoms with Gasteiger partial charge in [-0.3, -0.25) is 0 Å². The third kappa shape index (κ3) is 1.39. The Bertz CT molecular complexity index is 407. The van der Waals surface area contributed by atoms with E-state index >= 15 is 0 Å². The van der Waals surface area contributed by atoms with Gasteiger partial charge < -0.3 is 5.73 Å². The van der Waals surface area contributed by atoms with Crippen molar-refractivity contribution in [2.24, 2.45) is 5.73 Å². The maximum Gasteiger partial charge on any atom is 0.0195 e. The summed E-state index contributed by atoms with van der Waals surface area (Å²) in [5.74, 6) is 0. The summed E-state index contributed by atoms with van der Waals surface area (Å²) >= 11 is 1.98. The van der Waals surface area contributed by atoms with Crippen LogP contribution in [0.25, 0.3) is 0 Å². The minimum atomic E-state index is -0.0563. The predicted octanol–water partition coefficient (Wildman–Crippen LogP) is 3.40. The largest absolute Gasteiger partial charge is 0.325 e. The Morgan fingerprint density at radius 1 is 1.25 bits per heavy atom. The lowest BCUT2D eigenvalue weighted by Gasteiger charge is -2.32. The van der Waals surface area contributed by atoms with Gasteiger partial charge in [-0.2, -0.15) is 0 Å². The molecule has 0 radical (unpaired) electrons. The second-order valence-corrected chi connectivity index (χ2v) is 7.03. The van der Waals surface area contributed by atoms with Gasteiger partial charge in [0.2, 0.25) is 0 Å². The van der Waals surface area contributed by atoms with Gasteiger partial charge in [0.05, 0.1) is 0 Å². The van der Waals surface area contributed by atoms with Crippen LogP contribution in [0.5, 0.6) is 0 Å². The molecule has 2 aliphatic rings. The third-order valence-corrected chi connectivity index (χ3v) is 5.65. The van der Waals surface area contributed by atoms with Gasteiger partial charge in [-0.05, 0) is 68.9 Å². The predicted molar refractivity (Wildman–Crippen MR) is 70.1 cm³/mol. The second-order valence-electron chi connectivity index (χ2n) is 6.06. The van der Waals surface area contributed by atoms with E-state index in [-0.39, 0.29) is 5.54 Å². The Morgan fingerprint density at radius 2 is 1.94 bits per heavy atom. The lowest BCUT2D eigenvalue weighted by Crippen LogP contribution is -2.45. The fourth-order valence-electron chi connectivity index (χ4n) is 3.28. The third-order valence-electron chi connectivity index (χ3n) is 4.56. The Morgan fingerprint density at radius 3 is 2.56 bits per heavy atom. The molecule has 0 unspecified atom stereocenters. The highest BCUT2D eigenvalue weighted by atomic mass is 32.1. The highest BCUT2D eigenvalue weighted by molar-refractivity contribution is 7.10. The van der Waals surface area contributed by atoms with Gasteiger partial charge in [-0.25, -0.2) is 0 Å².